The van der Waals surface area contributed by atoms with Crippen LogP contribution in [0, 0.1) is 11.8 Å². The Morgan fingerprint density at radius 2 is 2.00 bits per heavy atom. The number of amides is 2. The molecule has 33 heavy (non-hydrogen) atoms. The number of nitrogens with zero attached hydrogens (tertiary/aromatic N) is 5. The number of rotatable bonds is 6. The number of aryl methyl sites for hydroxylation is 1. The normalized spacial score (nSPS) is 22.0. The van der Waals surface area contributed by atoms with Crippen molar-refractivity contribution in [3.63, 3.8) is 0 Å². The molecule has 2 N–H and O–H groups in total. The van der Waals surface area contributed by atoms with Crippen LogP contribution in [0.2, 0.25) is 0 Å². The predicted octanol–water partition coefficient (Wildman–Crippen LogP) is 1.87. The Labute approximate surface area is 191 Å². The molecule has 0 unspecified atom stereocenters. The highest BCUT2D eigenvalue weighted by Gasteiger charge is 2.56. The van der Waals surface area contributed by atoms with Crippen molar-refractivity contribution in [3.05, 3.63) is 71.6 Å². The van der Waals surface area contributed by atoms with Crippen molar-refractivity contribution >= 4 is 17.5 Å². The van der Waals surface area contributed by atoms with Crippen LogP contribution < -0.4 is 5.32 Å². The molecule has 1 aliphatic heterocycles. The molecule has 3 heterocycles. The van der Waals surface area contributed by atoms with Gasteiger partial charge in [-0.1, -0.05) is 19.1 Å². The van der Waals surface area contributed by atoms with Crippen molar-refractivity contribution in [3.8, 4) is 0 Å². The van der Waals surface area contributed by atoms with Gasteiger partial charge in [0, 0.05) is 55.8 Å². The zero-order valence-corrected chi connectivity index (χ0v) is 18.5. The molecule has 0 bridgehead atoms. The summed E-state index contributed by atoms with van der Waals surface area (Å²) in [6.07, 6.45) is 3.62. The maximum Gasteiger partial charge on any atom is 0.274 e. The number of nitrogens with one attached hydrogen (secondary N) is 1. The fraction of sp³-hybridized carbons (Fsp3) is 0.375. The van der Waals surface area contributed by atoms with E-state index in [0.29, 0.717) is 24.3 Å². The number of benzene rings is 1. The second-order valence-electron chi connectivity index (χ2n) is 9.00. The summed E-state index contributed by atoms with van der Waals surface area (Å²) >= 11 is 0. The molecule has 1 aliphatic carbocycles. The van der Waals surface area contributed by atoms with Gasteiger partial charge in [0.25, 0.3) is 11.8 Å². The highest BCUT2D eigenvalue weighted by molar-refractivity contribution is 6.04. The molecular weight excluding hydrogens is 420 g/mol. The molecule has 9 nitrogen and oxygen atoms in total. The number of anilines is 1. The SMILES string of the molecule is C[C@H](Cc1nncn1C)c1cccc(NC(=O)c2cc(C(=O)N3C[C@@H]4[C@@H](O)[C@@H]4C3)ccn2)c1. The largest absolute Gasteiger partial charge is 0.392 e. The smallest absolute Gasteiger partial charge is 0.274 e. The van der Waals surface area contributed by atoms with Gasteiger partial charge in [0.05, 0.1) is 6.10 Å². The number of aromatic nitrogens is 4. The number of carbonyl (C=O) groups excluding carboxylic acids is 2. The van der Waals surface area contributed by atoms with E-state index in [-0.39, 0.29) is 41.4 Å². The molecule has 0 radical (unpaired) electrons. The quantitative estimate of drug-likeness (QED) is 0.598. The maximum absolute atomic E-state index is 12.8. The number of fused-ring (bicyclic) bond motifs is 1. The zero-order valence-electron chi connectivity index (χ0n) is 18.5. The molecule has 170 valence electrons. The van der Waals surface area contributed by atoms with Gasteiger partial charge in [-0.3, -0.25) is 14.6 Å². The van der Waals surface area contributed by atoms with E-state index < -0.39 is 0 Å². The lowest BCUT2D eigenvalue weighted by molar-refractivity contribution is 0.0746. The lowest BCUT2D eigenvalue weighted by Gasteiger charge is -2.19. The molecule has 2 aliphatic rings. The average Bonchev–Trinajstić information content (AvgIpc) is 3.17. The van der Waals surface area contributed by atoms with Crippen LogP contribution in [0.4, 0.5) is 5.69 Å². The van der Waals surface area contributed by atoms with E-state index in [1.54, 1.807) is 17.3 Å². The van der Waals surface area contributed by atoms with Crippen LogP contribution >= 0.6 is 0 Å². The van der Waals surface area contributed by atoms with Crippen molar-refractivity contribution in [2.45, 2.75) is 25.4 Å². The van der Waals surface area contributed by atoms with E-state index in [9.17, 15) is 14.7 Å². The minimum Gasteiger partial charge on any atom is -0.392 e. The third-order valence-electron chi connectivity index (χ3n) is 6.68. The Bertz CT molecular complexity index is 1200. The maximum atomic E-state index is 12.8. The van der Waals surface area contributed by atoms with Crippen molar-refractivity contribution in [1.29, 1.82) is 0 Å². The molecule has 2 amide bonds. The van der Waals surface area contributed by atoms with Gasteiger partial charge >= 0.3 is 0 Å². The number of aliphatic hydroxyl groups excluding tert-OH is 1. The average molecular weight is 447 g/mol. The van der Waals surface area contributed by atoms with E-state index >= 15 is 0 Å². The summed E-state index contributed by atoms with van der Waals surface area (Å²) in [5.74, 6) is 0.970. The Hall–Kier alpha value is -3.59. The first-order valence-electron chi connectivity index (χ1n) is 11.1. The number of aliphatic hydroxyl groups is 1. The van der Waals surface area contributed by atoms with E-state index in [0.717, 1.165) is 17.8 Å². The van der Waals surface area contributed by atoms with Crippen LogP contribution in [0.3, 0.4) is 0 Å². The van der Waals surface area contributed by atoms with Crippen molar-refractivity contribution < 1.29 is 14.7 Å². The van der Waals surface area contributed by atoms with Gasteiger partial charge in [0.1, 0.15) is 17.8 Å². The molecule has 1 saturated carbocycles. The van der Waals surface area contributed by atoms with Crippen LogP contribution in [-0.2, 0) is 13.5 Å². The van der Waals surface area contributed by atoms with E-state index in [1.807, 2.05) is 35.9 Å². The molecule has 0 spiro atoms. The molecule has 1 aromatic carbocycles. The first-order chi connectivity index (χ1) is 15.9. The van der Waals surface area contributed by atoms with Crippen LogP contribution in [0.25, 0.3) is 0 Å². The first kappa shape index (κ1) is 21.3. The summed E-state index contributed by atoms with van der Waals surface area (Å²) in [7, 11) is 1.92. The molecule has 9 heteroatoms. The van der Waals surface area contributed by atoms with Gasteiger partial charge in [0.15, 0.2) is 0 Å². The number of hydrogen-bond acceptors (Lipinski definition) is 6. The number of likely N-dealkylation sites (tertiary alicyclic amines) is 1. The lowest BCUT2D eigenvalue weighted by Crippen LogP contribution is -2.32. The Kier molecular flexibility index (Phi) is 5.41. The first-order valence-corrected chi connectivity index (χ1v) is 11.1. The minimum absolute atomic E-state index is 0.134. The van der Waals surface area contributed by atoms with E-state index in [4.69, 9.17) is 0 Å². The van der Waals surface area contributed by atoms with Crippen LogP contribution in [0.1, 0.15) is 45.1 Å². The molecular formula is C24H26N6O3. The summed E-state index contributed by atoms with van der Waals surface area (Å²) < 4.78 is 1.90. The number of pyridine rings is 1. The summed E-state index contributed by atoms with van der Waals surface area (Å²) in [6, 6.07) is 10.8. The van der Waals surface area contributed by atoms with E-state index in [1.165, 1.54) is 12.3 Å². The molecule has 2 fully saturated rings. The van der Waals surface area contributed by atoms with Crippen LogP contribution in [0.5, 0.6) is 0 Å². The summed E-state index contributed by atoms with van der Waals surface area (Å²) in [6.45, 7) is 3.23. The third-order valence-corrected chi connectivity index (χ3v) is 6.68. The van der Waals surface area contributed by atoms with Gasteiger partial charge < -0.3 is 19.9 Å². The second-order valence-corrected chi connectivity index (χ2v) is 9.00. The lowest BCUT2D eigenvalue weighted by atomic mass is 9.97. The fourth-order valence-electron chi connectivity index (χ4n) is 4.53. The highest BCUT2D eigenvalue weighted by atomic mass is 16.3. The van der Waals surface area contributed by atoms with Crippen LogP contribution in [-0.4, -0.2) is 60.8 Å². The second kappa shape index (κ2) is 8.40. The Morgan fingerprint density at radius 1 is 1.21 bits per heavy atom. The van der Waals surface area contributed by atoms with Gasteiger partial charge in [-0.15, -0.1) is 10.2 Å². The van der Waals surface area contributed by atoms with Crippen molar-refractivity contribution in [2.75, 3.05) is 18.4 Å². The van der Waals surface area contributed by atoms with Crippen molar-refractivity contribution in [2.24, 2.45) is 18.9 Å². The molecule has 1 saturated heterocycles. The fourth-order valence-corrected chi connectivity index (χ4v) is 4.53. The summed E-state index contributed by atoms with van der Waals surface area (Å²) in [4.78, 5) is 31.5. The number of hydrogen-bond donors (Lipinski definition) is 2. The monoisotopic (exact) mass is 446 g/mol. The predicted molar refractivity (Wildman–Crippen MR) is 121 cm³/mol. The molecule has 5 rings (SSSR count). The standard InChI is InChI=1S/C24H26N6O3/c1-14(8-21-28-26-13-29(21)2)15-4-3-5-17(9-15)27-23(32)20-10-16(6-7-25-20)24(33)30-11-18-19(12-30)22(18)31/h3-7,9-10,13-14,18-19,22,31H,8,11-12H2,1-2H3,(H,27,32)/t14-,18-,19+,22+/m1/s1. The highest BCUT2D eigenvalue weighted by Crippen LogP contribution is 2.45. The van der Waals surface area contributed by atoms with Crippen LogP contribution in [0.15, 0.2) is 48.9 Å². The number of carbonyl (C=O) groups is 2. The molecule has 2 aromatic heterocycles. The van der Waals surface area contributed by atoms with Gasteiger partial charge in [-0.2, -0.15) is 0 Å². The van der Waals surface area contributed by atoms with Gasteiger partial charge in [-0.05, 0) is 35.7 Å². The van der Waals surface area contributed by atoms with E-state index in [2.05, 4.69) is 27.4 Å². The Balaban J connectivity index is 1.25. The summed E-state index contributed by atoms with van der Waals surface area (Å²) in [5, 5.41) is 20.6. The third kappa shape index (κ3) is 4.23. The van der Waals surface area contributed by atoms with Gasteiger partial charge in [0.2, 0.25) is 0 Å². The topological polar surface area (TPSA) is 113 Å². The zero-order chi connectivity index (χ0) is 23.1. The minimum atomic E-state index is -0.373. The van der Waals surface area contributed by atoms with Crippen molar-refractivity contribution in [1.82, 2.24) is 24.6 Å². The molecule has 4 atom stereocenters. The molecule has 3 aromatic rings. The van der Waals surface area contributed by atoms with Gasteiger partial charge in [-0.25, -0.2) is 0 Å². The number of piperidine rings is 1. The Morgan fingerprint density at radius 3 is 2.73 bits per heavy atom. The summed E-state index contributed by atoms with van der Waals surface area (Å²) in [5.41, 5.74) is 2.34.